The molecule has 0 amide bonds. The van der Waals surface area contributed by atoms with Gasteiger partial charge in [0.15, 0.2) is 5.65 Å². The molecule has 102 valence electrons. The average molecular weight is 261 g/mol. The molecule has 3 atom stereocenters. The normalized spacial score (nSPS) is 27.6. The molecule has 0 radical (unpaired) electrons. The Morgan fingerprint density at radius 2 is 2.26 bits per heavy atom. The van der Waals surface area contributed by atoms with Crippen LogP contribution in [-0.4, -0.2) is 25.6 Å². The number of rotatable bonds is 2. The van der Waals surface area contributed by atoms with Gasteiger partial charge in [0.05, 0.1) is 0 Å². The van der Waals surface area contributed by atoms with E-state index in [-0.39, 0.29) is 5.69 Å². The predicted molar refractivity (Wildman–Crippen MR) is 73.2 cm³/mol. The average Bonchev–Trinajstić information content (AvgIpc) is 2.76. The molecule has 1 saturated carbocycles. The van der Waals surface area contributed by atoms with Gasteiger partial charge in [0, 0.05) is 12.1 Å². The van der Waals surface area contributed by atoms with Crippen molar-refractivity contribution in [2.75, 3.05) is 5.32 Å². The molecule has 19 heavy (non-hydrogen) atoms. The molecule has 1 fully saturated rings. The zero-order valence-electron chi connectivity index (χ0n) is 11.3. The summed E-state index contributed by atoms with van der Waals surface area (Å²) in [6.45, 7) is 4.60. The van der Waals surface area contributed by atoms with Crippen LogP contribution in [-0.2, 0) is 0 Å². The van der Waals surface area contributed by atoms with Gasteiger partial charge >= 0.3 is 5.69 Å². The van der Waals surface area contributed by atoms with E-state index in [0.717, 1.165) is 11.7 Å². The largest absolute Gasteiger partial charge is 0.367 e. The fourth-order valence-corrected chi connectivity index (χ4v) is 2.86. The Labute approximate surface area is 111 Å². The molecule has 1 aliphatic rings. The Hall–Kier alpha value is -1.85. The summed E-state index contributed by atoms with van der Waals surface area (Å²) in [5.41, 5.74) is 0.340. The number of fused-ring (bicyclic) bond motifs is 1. The number of hydrogen-bond donors (Lipinski definition) is 2. The van der Waals surface area contributed by atoms with Crippen molar-refractivity contribution >= 4 is 11.5 Å². The van der Waals surface area contributed by atoms with E-state index in [9.17, 15) is 4.79 Å². The van der Waals surface area contributed by atoms with Crippen LogP contribution in [0.4, 0.5) is 5.82 Å². The standard InChI is InChI=1S/C13H19N5O/c1-8-4-3-5-10(9(8)2)15-11-6-12-16-17-13(19)18(12)7-14-11/h6-10,15H,3-5H2,1-2H3,(H,17,19). The lowest BCUT2D eigenvalue weighted by Crippen LogP contribution is -2.35. The third-order valence-corrected chi connectivity index (χ3v) is 4.35. The summed E-state index contributed by atoms with van der Waals surface area (Å²) in [7, 11) is 0. The van der Waals surface area contributed by atoms with Gasteiger partial charge in [0.2, 0.25) is 0 Å². The lowest BCUT2D eigenvalue weighted by Gasteiger charge is -2.34. The second-order valence-electron chi connectivity index (χ2n) is 5.55. The number of hydrogen-bond acceptors (Lipinski definition) is 4. The smallest absolute Gasteiger partial charge is 0.348 e. The fourth-order valence-electron chi connectivity index (χ4n) is 2.86. The summed E-state index contributed by atoms with van der Waals surface area (Å²) in [6, 6.07) is 2.26. The summed E-state index contributed by atoms with van der Waals surface area (Å²) in [6.07, 6.45) is 5.25. The third kappa shape index (κ3) is 2.22. The van der Waals surface area contributed by atoms with E-state index in [0.29, 0.717) is 17.6 Å². The molecular formula is C13H19N5O. The van der Waals surface area contributed by atoms with Gasteiger partial charge in [0.25, 0.3) is 0 Å². The van der Waals surface area contributed by atoms with Gasteiger partial charge in [-0.25, -0.2) is 19.3 Å². The predicted octanol–water partition coefficient (Wildman–Crippen LogP) is 1.65. The van der Waals surface area contributed by atoms with Crippen molar-refractivity contribution in [3.05, 3.63) is 22.9 Å². The van der Waals surface area contributed by atoms with Crippen molar-refractivity contribution in [1.82, 2.24) is 19.6 Å². The summed E-state index contributed by atoms with van der Waals surface area (Å²) in [5.74, 6) is 2.16. The van der Waals surface area contributed by atoms with Gasteiger partial charge < -0.3 is 5.32 Å². The Morgan fingerprint density at radius 3 is 3.11 bits per heavy atom. The molecular weight excluding hydrogens is 242 g/mol. The summed E-state index contributed by atoms with van der Waals surface area (Å²) >= 11 is 0. The molecule has 0 aromatic carbocycles. The molecule has 3 unspecified atom stereocenters. The maximum atomic E-state index is 11.4. The summed E-state index contributed by atoms with van der Waals surface area (Å²) in [5, 5.41) is 9.85. The van der Waals surface area contributed by atoms with Gasteiger partial charge in [-0.3, -0.25) is 0 Å². The lowest BCUT2D eigenvalue weighted by atomic mass is 9.78. The van der Waals surface area contributed by atoms with Gasteiger partial charge in [-0.15, -0.1) is 0 Å². The zero-order chi connectivity index (χ0) is 13.4. The Kier molecular flexibility index (Phi) is 3.00. The van der Waals surface area contributed by atoms with E-state index in [2.05, 4.69) is 34.3 Å². The number of nitrogens with zero attached hydrogens (tertiary/aromatic N) is 3. The highest BCUT2D eigenvalue weighted by Gasteiger charge is 2.27. The van der Waals surface area contributed by atoms with Crippen molar-refractivity contribution in [1.29, 1.82) is 0 Å². The molecule has 1 aliphatic carbocycles. The van der Waals surface area contributed by atoms with E-state index in [1.54, 1.807) is 0 Å². The first-order chi connectivity index (χ1) is 9.15. The second kappa shape index (κ2) is 4.68. The number of aromatic nitrogens is 4. The van der Waals surface area contributed by atoms with Crippen molar-refractivity contribution in [2.24, 2.45) is 11.8 Å². The minimum atomic E-state index is -0.256. The van der Waals surface area contributed by atoms with Gasteiger partial charge in [-0.05, 0) is 18.3 Å². The highest BCUT2D eigenvalue weighted by atomic mass is 16.1. The molecule has 6 nitrogen and oxygen atoms in total. The summed E-state index contributed by atoms with van der Waals surface area (Å²) < 4.78 is 1.40. The molecule has 6 heteroatoms. The van der Waals surface area contributed by atoms with E-state index in [1.807, 2.05) is 6.07 Å². The molecule has 2 heterocycles. The van der Waals surface area contributed by atoms with Crippen LogP contribution in [0.2, 0.25) is 0 Å². The van der Waals surface area contributed by atoms with Gasteiger partial charge in [-0.2, -0.15) is 5.10 Å². The maximum Gasteiger partial charge on any atom is 0.348 e. The number of aromatic amines is 1. The number of anilines is 1. The van der Waals surface area contributed by atoms with Crippen LogP contribution < -0.4 is 11.0 Å². The van der Waals surface area contributed by atoms with Crippen molar-refractivity contribution < 1.29 is 0 Å². The lowest BCUT2D eigenvalue weighted by molar-refractivity contribution is 0.253. The Balaban J connectivity index is 1.82. The van der Waals surface area contributed by atoms with Crippen LogP contribution in [0, 0.1) is 11.8 Å². The van der Waals surface area contributed by atoms with Crippen LogP contribution in [0.15, 0.2) is 17.2 Å². The van der Waals surface area contributed by atoms with Crippen molar-refractivity contribution in [3.63, 3.8) is 0 Å². The van der Waals surface area contributed by atoms with E-state index >= 15 is 0 Å². The Bertz CT molecular complexity index is 631. The fraction of sp³-hybridized carbons (Fsp3) is 0.615. The van der Waals surface area contributed by atoms with E-state index in [1.165, 1.54) is 30.0 Å². The topological polar surface area (TPSA) is 75.1 Å². The molecule has 2 aromatic rings. The maximum absolute atomic E-state index is 11.4. The number of nitrogens with one attached hydrogen (secondary N) is 2. The quantitative estimate of drug-likeness (QED) is 0.862. The SMILES string of the molecule is CC1CCCC(Nc2cc3n[nH]c(=O)n3cn2)C1C. The molecule has 0 spiro atoms. The molecule has 2 aromatic heterocycles. The van der Waals surface area contributed by atoms with E-state index in [4.69, 9.17) is 0 Å². The van der Waals surface area contributed by atoms with Crippen molar-refractivity contribution in [3.8, 4) is 0 Å². The monoisotopic (exact) mass is 261 g/mol. The van der Waals surface area contributed by atoms with Gasteiger partial charge in [-0.1, -0.05) is 26.7 Å². The van der Waals surface area contributed by atoms with Crippen LogP contribution in [0.25, 0.3) is 5.65 Å². The highest BCUT2D eigenvalue weighted by molar-refractivity contribution is 5.48. The summed E-state index contributed by atoms with van der Waals surface area (Å²) in [4.78, 5) is 15.6. The van der Waals surface area contributed by atoms with Crippen LogP contribution in [0.3, 0.4) is 0 Å². The molecule has 0 bridgehead atoms. The minimum Gasteiger partial charge on any atom is -0.367 e. The number of H-pyrrole nitrogens is 1. The molecule has 2 N–H and O–H groups in total. The van der Waals surface area contributed by atoms with E-state index < -0.39 is 0 Å². The zero-order valence-corrected chi connectivity index (χ0v) is 11.3. The van der Waals surface area contributed by atoms with Crippen LogP contribution >= 0.6 is 0 Å². The Morgan fingerprint density at radius 1 is 1.42 bits per heavy atom. The first-order valence-electron chi connectivity index (χ1n) is 6.84. The van der Waals surface area contributed by atoms with Crippen LogP contribution in [0.5, 0.6) is 0 Å². The van der Waals surface area contributed by atoms with Gasteiger partial charge in [0.1, 0.15) is 12.1 Å². The second-order valence-corrected chi connectivity index (χ2v) is 5.55. The molecule has 0 aliphatic heterocycles. The molecule has 3 rings (SSSR count). The third-order valence-electron chi connectivity index (χ3n) is 4.35. The minimum absolute atomic E-state index is 0.256. The van der Waals surface area contributed by atoms with Crippen molar-refractivity contribution in [2.45, 2.75) is 39.2 Å². The van der Waals surface area contributed by atoms with Crippen LogP contribution in [0.1, 0.15) is 33.1 Å². The first kappa shape index (κ1) is 12.2. The molecule has 0 saturated heterocycles. The highest BCUT2D eigenvalue weighted by Crippen LogP contribution is 2.31. The first-order valence-corrected chi connectivity index (χ1v) is 6.84.